The Morgan fingerprint density at radius 3 is 2.60 bits per heavy atom. The Morgan fingerprint density at radius 1 is 1.27 bits per heavy atom. The number of piperidine rings is 1. The topological polar surface area (TPSA) is 16.1 Å². The van der Waals surface area contributed by atoms with Gasteiger partial charge in [0.1, 0.15) is 5.82 Å². The van der Waals surface area contributed by atoms with Gasteiger partial charge in [0.05, 0.1) is 0 Å². The highest BCUT2D eigenvalue weighted by molar-refractivity contribution is 5.43. The van der Waals surface area contributed by atoms with Gasteiger partial charge in [0.2, 0.25) is 0 Å². The van der Waals surface area contributed by atoms with Gasteiger partial charge in [0.25, 0.3) is 0 Å². The molecule has 0 amide bonds. The molecule has 1 saturated heterocycles. The first-order chi connectivity index (χ1) is 7.31. The molecule has 0 N–H and O–H groups in total. The van der Waals surface area contributed by atoms with Crippen LogP contribution in [0.1, 0.15) is 37.3 Å². The molecule has 2 nitrogen and oxygen atoms in total. The van der Waals surface area contributed by atoms with Crippen molar-refractivity contribution >= 4 is 5.82 Å². The molecule has 2 heteroatoms. The highest BCUT2D eigenvalue weighted by Crippen LogP contribution is 2.20. The number of rotatable bonds is 2. The number of aromatic nitrogens is 1. The van der Waals surface area contributed by atoms with Crippen LogP contribution in [0.4, 0.5) is 5.82 Å². The number of hydrogen-bond acceptors (Lipinski definition) is 2. The molecule has 0 spiro atoms. The summed E-state index contributed by atoms with van der Waals surface area (Å²) >= 11 is 0. The summed E-state index contributed by atoms with van der Waals surface area (Å²) in [6, 6.07) is 2.24. The predicted octanol–water partition coefficient (Wildman–Crippen LogP) is 2.94. The fraction of sp³-hybridized carbons (Fsp3) is 0.615. The maximum atomic E-state index is 4.56. The van der Waals surface area contributed by atoms with Gasteiger partial charge in [-0.15, -0.1) is 0 Å². The van der Waals surface area contributed by atoms with E-state index in [0.717, 1.165) is 6.42 Å². The Labute approximate surface area is 92.3 Å². The molecule has 2 heterocycles. The smallest absolute Gasteiger partial charge is 0.128 e. The summed E-state index contributed by atoms with van der Waals surface area (Å²) in [6.07, 6.45) is 7.13. The third-order valence-corrected chi connectivity index (χ3v) is 3.27. The van der Waals surface area contributed by atoms with Crippen LogP contribution in [0.15, 0.2) is 12.3 Å². The molecule has 1 aliphatic heterocycles. The van der Waals surface area contributed by atoms with Crippen LogP contribution in [0.2, 0.25) is 0 Å². The fourth-order valence-corrected chi connectivity index (χ4v) is 2.24. The molecule has 15 heavy (non-hydrogen) atoms. The van der Waals surface area contributed by atoms with Crippen LogP contribution < -0.4 is 4.90 Å². The van der Waals surface area contributed by atoms with Crippen LogP contribution in [-0.4, -0.2) is 18.1 Å². The van der Waals surface area contributed by atoms with Gasteiger partial charge in [0, 0.05) is 19.3 Å². The Bertz CT molecular complexity index is 327. The van der Waals surface area contributed by atoms with Crippen LogP contribution in [0.25, 0.3) is 0 Å². The number of anilines is 1. The monoisotopic (exact) mass is 204 g/mol. The zero-order valence-electron chi connectivity index (χ0n) is 9.79. The lowest BCUT2D eigenvalue weighted by molar-refractivity contribution is 0.573. The van der Waals surface area contributed by atoms with Crippen molar-refractivity contribution in [3.8, 4) is 0 Å². The largest absolute Gasteiger partial charge is 0.357 e. The molecule has 1 fully saturated rings. The zero-order chi connectivity index (χ0) is 10.7. The van der Waals surface area contributed by atoms with Crippen molar-refractivity contribution in [1.29, 1.82) is 0 Å². The number of hydrogen-bond donors (Lipinski definition) is 0. The lowest BCUT2D eigenvalue weighted by Crippen LogP contribution is -2.30. The summed E-state index contributed by atoms with van der Waals surface area (Å²) in [6.45, 7) is 6.73. The van der Waals surface area contributed by atoms with E-state index in [1.54, 1.807) is 0 Å². The first kappa shape index (κ1) is 10.5. The quantitative estimate of drug-likeness (QED) is 0.736. The van der Waals surface area contributed by atoms with Crippen molar-refractivity contribution in [2.75, 3.05) is 18.0 Å². The van der Waals surface area contributed by atoms with Crippen LogP contribution in [-0.2, 0) is 6.42 Å². The minimum Gasteiger partial charge on any atom is -0.357 e. The Morgan fingerprint density at radius 2 is 2.00 bits per heavy atom. The average Bonchev–Trinajstić information content (AvgIpc) is 2.30. The van der Waals surface area contributed by atoms with Crippen molar-refractivity contribution in [2.45, 2.75) is 39.5 Å². The van der Waals surface area contributed by atoms with Gasteiger partial charge >= 0.3 is 0 Å². The van der Waals surface area contributed by atoms with Gasteiger partial charge in [0.15, 0.2) is 0 Å². The van der Waals surface area contributed by atoms with E-state index >= 15 is 0 Å². The minimum atomic E-state index is 1.08. The lowest BCUT2D eigenvalue weighted by atomic mass is 10.1. The van der Waals surface area contributed by atoms with E-state index in [9.17, 15) is 0 Å². The van der Waals surface area contributed by atoms with Crippen molar-refractivity contribution < 1.29 is 0 Å². The molecule has 0 aliphatic carbocycles. The van der Waals surface area contributed by atoms with Crippen LogP contribution in [0.3, 0.4) is 0 Å². The van der Waals surface area contributed by atoms with E-state index in [2.05, 4.69) is 29.8 Å². The summed E-state index contributed by atoms with van der Waals surface area (Å²) in [4.78, 5) is 6.97. The van der Waals surface area contributed by atoms with Gasteiger partial charge in [-0.25, -0.2) is 4.98 Å². The molecule has 0 atom stereocenters. The molecule has 2 rings (SSSR count). The van der Waals surface area contributed by atoms with Gasteiger partial charge in [-0.2, -0.15) is 0 Å². The first-order valence-corrected chi connectivity index (χ1v) is 6.01. The second-order valence-electron chi connectivity index (χ2n) is 4.37. The number of pyridine rings is 1. The second kappa shape index (κ2) is 4.65. The Balaban J connectivity index is 2.17. The van der Waals surface area contributed by atoms with Crippen LogP contribution in [0, 0.1) is 6.92 Å². The SMILES string of the molecule is CCc1cnc(N2CCCCC2)cc1C. The van der Waals surface area contributed by atoms with Gasteiger partial charge in [-0.3, -0.25) is 0 Å². The molecule has 1 aliphatic rings. The number of aryl methyl sites for hydroxylation is 2. The molecule has 82 valence electrons. The third-order valence-electron chi connectivity index (χ3n) is 3.27. The van der Waals surface area contributed by atoms with E-state index in [-0.39, 0.29) is 0 Å². The zero-order valence-corrected chi connectivity index (χ0v) is 9.79. The van der Waals surface area contributed by atoms with E-state index in [1.165, 1.54) is 49.3 Å². The van der Waals surface area contributed by atoms with Crippen molar-refractivity contribution in [2.24, 2.45) is 0 Å². The maximum absolute atomic E-state index is 4.56. The molecule has 1 aromatic heterocycles. The van der Waals surface area contributed by atoms with E-state index in [0.29, 0.717) is 0 Å². The van der Waals surface area contributed by atoms with E-state index in [1.807, 2.05) is 6.20 Å². The fourth-order valence-electron chi connectivity index (χ4n) is 2.24. The second-order valence-corrected chi connectivity index (χ2v) is 4.37. The molecule has 1 aromatic rings. The normalized spacial score (nSPS) is 16.8. The van der Waals surface area contributed by atoms with Crippen molar-refractivity contribution in [1.82, 2.24) is 4.98 Å². The minimum absolute atomic E-state index is 1.08. The summed E-state index contributed by atoms with van der Waals surface area (Å²) in [5.41, 5.74) is 2.75. The van der Waals surface area contributed by atoms with Gasteiger partial charge in [-0.05, 0) is 49.8 Å². The first-order valence-electron chi connectivity index (χ1n) is 6.01. The molecular formula is C13H20N2. The summed E-state index contributed by atoms with van der Waals surface area (Å²) < 4.78 is 0. The molecule has 0 saturated carbocycles. The average molecular weight is 204 g/mol. The van der Waals surface area contributed by atoms with E-state index in [4.69, 9.17) is 0 Å². The summed E-state index contributed by atoms with van der Waals surface area (Å²) in [5, 5.41) is 0. The highest BCUT2D eigenvalue weighted by atomic mass is 15.2. The highest BCUT2D eigenvalue weighted by Gasteiger charge is 2.12. The van der Waals surface area contributed by atoms with E-state index < -0.39 is 0 Å². The van der Waals surface area contributed by atoms with Crippen molar-refractivity contribution in [3.05, 3.63) is 23.4 Å². The summed E-state index contributed by atoms with van der Waals surface area (Å²) in [5.74, 6) is 1.17. The lowest BCUT2D eigenvalue weighted by Gasteiger charge is -2.28. The molecule has 0 bridgehead atoms. The van der Waals surface area contributed by atoms with Gasteiger partial charge in [-0.1, -0.05) is 6.92 Å². The molecule has 0 radical (unpaired) electrons. The van der Waals surface area contributed by atoms with Crippen molar-refractivity contribution in [3.63, 3.8) is 0 Å². The Kier molecular flexibility index (Phi) is 3.24. The molecular weight excluding hydrogens is 184 g/mol. The standard InChI is InChI=1S/C13H20N2/c1-3-12-10-14-13(9-11(12)2)15-7-5-4-6-8-15/h9-10H,3-8H2,1-2H3. The van der Waals surface area contributed by atoms with Crippen LogP contribution in [0.5, 0.6) is 0 Å². The predicted molar refractivity (Wildman–Crippen MR) is 64.4 cm³/mol. The molecule has 0 aromatic carbocycles. The Hall–Kier alpha value is -1.05. The van der Waals surface area contributed by atoms with Crippen LogP contribution >= 0.6 is 0 Å². The maximum Gasteiger partial charge on any atom is 0.128 e. The van der Waals surface area contributed by atoms with Gasteiger partial charge < -0.3 is 4.90 Å². The summed E-state index contributed by atoms with van der Waals surface area (Å²) in [7, 11) is 0. The molecule has 0 unspecified atom stereocenters. The number of nitrogens with zero attached hydrogens (tertiary/aromatic N) is 2. The third kappa shape index (κ3) is 2.31.